The summed E-state index contributed by atoms with van der Waals surface area (Å²) in [6.07, 6.45) is 3.06. The van der Waals surface area contributed by atoms with Gasteiger partial charge in [0.25, 0.3) is 5.91 Å². The lowest BCUT2D eigenvalue weighted by Gasteiger charge is -2.26. The van der Waals surface area contributed by atoms with Gasteiger partial charge in [0.1, 0.15) is 17.4 Å². The summed E-state index contributed by atoms with van der Waals surface area (Å²) >= 11 is 0. The fourth-order valence-corrected chi connectivity index (χ4v) is 4.29. The number of ether oxygens (including phenoxy) is 2. The molecule has 2 N–H and O–H groups in total. The zero-order valence-electron chi connectivity index (χ0n) is 17.9. The molecule has 8 heteroatoms. The fraction of sp³-hybridized carbons (Fsp3) is 0.120. The van der Waals surface area contributed by atoms with E-state index in [1.165, 1.54) is 17.1 Å². The first kappa shape index (κ1) is 20.3. The molecule has 1 atom stereocenters. The molecule has 33 heavy (non-hydrogen) atoms. The first-order valence-electron chi connectivity index (χ1n) is 10.2. The van der Waals surface area contributed by atoms with Gasteiger partial charge in [-0.15, -0.1) is 0 Å². The van der Waals surface area contributed by atoms with E-state index < -0.39 is 5.92 Å². The van der Waals surface area contributed by atoms with E-state index in [0.29, 0.717) is 22.6 Å². The first-order valence-corrected chi connectivity index (χ1v) is 10.2. The molecule has 0 aliphatic carbocycles. The van der Waals surface area contributed by atoms with Crippen molar-refractivity contribution in [1.82, 2.24) is 14.8 Å². The molecule has 4 aromatic rings. The van der Waals surface area contributed by atoms with E-state index in [1.54, 1.807) is 26.2 Å². The number of nitrogens with zero attached hydrogens (tertiary/aromatic N) is 4. The van der Waals surface area contributed by atoms with Crippen molar-refractivity contribution in [3.8, 4) is 17.7 Å². The maximum Gasteiger partial charge on any atom is 0.281 e. The second kappa shape index (κ2) is 7.80. The molecule has 2 aromatic carbocycles. The minimum Gasteiger partial charge on any atom is -0.496 e. The van der Waals surface area contributed by atoms with Crippen molar-refractivity contribution in [1.29, 1.82) is 5.26 Å². The SMILES string of the molecule is COc1c(C2C(C#N)=C(N)Oc3c2c(C)nn3C(=O)c2ccncc2)ccc2ccccc12. The normalized spacial score (nSPS) is 15.0. The number of aryl methyl sites for hydroxylation is 1. The number of benzene rings is 2. The van der Waals surface area contributed by atoms with Crippen LogP contribution in [0.2, 0.25) is 0 Å². The van der Waals surface area contributed by atoms with Gasteiger partial charge in [0.2, 0.25) is 11.8 Å². The molecular weight excluding hydrogens is 418 g/mol. The molecule has 0 spiro atoms. The van der Waals surface area contributed by atoms with Gasteiger partial charge < -0.3 is 15.2 Å². The highest BCUT2D eigenvalue weighted by Gasteiger charge is 2.38. The molecule has 5 rings (SSSR count). The third-order valence-electron chi connectivity index (χ3n) is 5.78. The molecule has 2 aromatic heterocycles. The van der Waals surface area contributed by atoms with Crippen LogP contribution in [0.3, 0.4) is 0 Å². The van der Waals surface area contributed by atoms with Gasteiger partial charge >= 0.3 is 0 Å². The maximum atomic E-state index is 13.2. The van der Waals surface area contributed by atoms with Crippen molar-refractivity contribution in [3.05, 3.63) is 94.8 Å². The smallest absolute Gasteiger partial charge is 0.281 e. The molecule has 0 bridgehead atoms. The third kappa shape index (κ3) is 3.10. The van der Waals surface area contributed by atoms with Crippen molar-refractivity contribution in [2.24, 2.45) is 5.73 Å². The highest BCUT2D eigenvalue weighted by Crippen LogP contribution is 2.48. The summed E-state index contributed by atoms with van der Waals surface area (Å²) < 4.78 is 12.8. The molecule has 0 fully saturated rings. The van der Waals surface area contributed by atoms with Crippen molar-refractivity contribution in [2.45, 2.75) is 12.8 Å². The van der Waals surface area contributed by atoms with Crippen LogP contribution in [0.25, 0.3) is 10.8 Å². The standard InChI is InChI=1S/C25H19N5O3/c1-14-20-21(18-8-7-15-5-3-4-6-17(15)22(18)32-2)19(13-26)23(27)33-25(20)30(29-14)24(31)16-9-11-28-12-10-16/h3-12,21H,27H2,1-2H3. The summed E-state index contributed by atoms with van der Waals surface area (Å²) in [5, 5.41) is 16.3. The largest absolute Gasteiger partial charge is 0.496 e. The Morgan fingerprint density at radius 1 is 1.18 bits per heavy atom. The number of fused-ring (bicyclic) bond motifs is 2. The van der Waals surface area contributed by atoms with Crippen LogP contribution in [-0.2, 0) is 0 Å². The average molecular weight is 437 g/mol. The summed E-state index contributed by atoms with van der Waals surface area (Å²) in [6.45, 7) is 1.77. The topological polar surface area (TPSA) is 116 Å². The van der Waals surface area contributed by atoms with Gasteiger partial charge in [0.15, 0.2) is 0 Å². The quantitative estimate of drug-likeness (QED) is 0.520. The summed E-state index contributed by atoms with van der Waals surface area (Å²) in [6, 6.07) is 17.1. The van der Waals surface area contributed by atoms with Gasteiger partial charge in [-0.1, -0.05) is 36.4 Å². The molecule has 3 heterocycles. The highest BCUT2D eigenvalue weighted by molar-refractivity contribution is 5.96. The van der Waals surface area contributed by atoms with Crippen molar-refractivity contribution < 1.29 is 14.3 Å². The minimum atomic E-state index is -0.614. The van der Waals surface area contributed by atoms with Gasteiger partial charge in [-0.2, -0.15) is 15.0 Å². The highest BCUT2D eigenvalue weighted by atomic mass is 16.5. The van der Waals surface area contributed by atoms with E-state index >= 15 is 0 Å². The number of rotatable bonds is 3. The lowest BCUT2D eigenvalue weighted by molar-refractivity contribution is 0.0933. The van der Waals surface area contributed by atoms with E-state index in [2.05, 4.69) is 16.2 Å². The molecule has 0 amide bonds. The van der Waals surface area contributed by atoms with E-state index in [1.807, 2.05) is 36.4 Å². The molecule has 0 saturated carbocycles. The second-order valence-corrected chi connectivity index (χ2v) is 7.59. The van der Waals surface area contributed by atoms with Crippen LogP contribution in [-0.4, -0.2) is 27.8 Å². The Kier molecular flexibility index (Phi) is 4.79. The average Bonchev–Trinajstić information content (AvgIpc) is 3.18. The summed E-state index contributed by atoms with van der Waals surface area (Å²) in [4.78, 5) is 17.1. The Labute approximate surface area is 189 Å². The first-order chi connectivity index (χ1) is 16.0. The number of carbonyl (C=O) groups is 1. The van der Waals surface area contributed by atoms with Crippen molar-refractivity contribution >= 4 is 16.7 Å². The van der Waals surface area contributed by atoms with Crippen LogP contribution in [0.1, 0.15) is 33.1 Å². The number of nitriles is 1. The van der Waals surface area contributed by atoms with Crippen LogP contribution in [0, 0.1) is 18.3 Å². The fourth-order valence-electron chi connectivity index (χ4n) is 4.29. The van der Waals surface area contributed by atoms with Gasteiger partial charge in [0, 0.05) is 28.9 Å². The van der Waals surface area contributed by atoms with E-state index in [9.17, 15) is 10.1 Å². The van der Waals surface area contributed by atoms with Crippen molar-refractivity contribution in [3.63, 3.8) is 0 Å². The number of nitrogens with two attached hydrogens (primary N) is 1. The monoisotopic (exact) mass is 437 g/mol. The maximum absolute atomic E-state index is 13.2. The lowest BCUT2D eigenvalue weighted by atomic mass is 9.82. The molecule has 0 radical (unpaired) electrons. The molecule has 0 saturated heterocycles. The number of pyridine rings is 1. The Bertz CT molecular complexity index is 1480. The molecular formula is C25H19N5O3. The van der Waals surface area contributed by atoms with Crippen LogP contribution in [0.5, 0.6) is 11.6 Å². The number of carbonyl (C=O) groups excluding carboxylic acids is 1. The zero-order chi connectivity index (χ0) is 23.1. The van der Waals surface area contributed by atoms with Crippen LogP contribution in [0.4, 0.5) is 0 Å². The second-order valence-electron chi connectivity index (χ2n) is 7.59. The lowest BCUT2D eigenvalue weighted by Crippen LogP contribution is -2.24. The molecule has 162 valence electrons. The van der Waals surface area contributed by atoms with E-state index in [-0.39, 0.29) is 23.2 Å². The predicted octanol–water partition coefficient (Wildman–Crippen LogP) is 3.66. The molecule has 1 unspecified atom stereocenters. The molecule has 1 aliphatic rings. The summed E-state index contributed by atoms with van der Waals surface area (Å²) in [7, 11) is 1.59. The Hall–Kier alpha value is -4.64. The molecule has 1 aliphatic heterocycles. The predicted molar refractivity (Wildman–Crippen MR) is 121 cm³/mol. The van der Waals surface area contributed by atoms with E-state index in [4.69, 9.17) is 15.2 Å². The Balaban J connectivity index is 1.76. The number of allylic oxidation sites excluding steroid dienone is 1. The van der Waals surface area contributed by atoms with Crippen LogP contribution >= 0.6 is 0 Å². The number of aromatic nitrogens is 3. The number of hydrogen-bond donors (Lipinski definition) is 1. The van der Waals surface area contributed by atoms with E-state index in [0.717, 1.165) is 16.3 Å². The Morgan fingerprint density at radius 2 is 1.94 bits per heavy atom. The third-order valence-corrected chi connectivity index (χ3v) is 5.78. The summed E-state index contributed by atoms with van der Waals surface area (Å²) in [5.74, 6) is -0.268. The Morgan fingerprint density at radius 3 is 2.67 bits per heavy atom. The van der Waals surface area contributed by atoms with Gasteiger partial charge in [-0.3, -0.25) is 9.78 Å². The number of methoxy groups -OCH3 is 1. The summed E-state index contributed by atoms with van der Waals surface area (Å²) in [5.41, 5.74) is 8.69. The van der Waals surface area contributed by atoms with Crippen molar-refractivity contribution in [2.75, 3.05) is 7.11 Å². The van der Waals surface area contributed by atoms with Gasteiger partial charge in [-0.25, -0.2) is 0 Å². The zero-order valence-corrected chi connectivity index (χ0v) is 17.9. The van der Waals surface area contributed by atoms with Gasteiger partial charge in [-0.05, 0) is 24.4 Å². The van der Waals surface area contributed by atoms with Gasteiger partial charge in [0.05, 0.1) is 24.3 Å². The van der Waals surface area contributed by atoms with Crippen LogP contribution in [0.15, 0.2) is 72.4 Å². The number of hydrogen-bond acceptors (Lipinski definition) is 7. The van der Waals surface area contributed by atoms with Crippen LogP contribution < -0.4 is 15.2 Å². The minimum absolute atomic E-state index is 0.0751. The molecule has 8 nitrogen and oxygen atoms in total.